The van der Waals surface area contributed by atoms with E-state index in [1.54, 1.807) is 13.8 Å². The average Bonchev–Trinajstić information content (AvgIpc) is 2.38. The average molecular weight is 374 g/mol. The molecule has 0 saturated carbocycles. The Morgan fingerprint density at radius 3 is 2.00 bits per heavy atom. The minimum absolute atomic E-state index is 0. The van der Waals surface area contributed by atoms with Crippen molar-refractivity contribution in [1.29, 1.82) is 0 Å². The van der Waals surface area contributed by atoms with Gasteiger partial charge in [-0.1, -0.05) is 13.8 Å². The Bertz CT molecular complexity index is 296. The van der Waals surface area contributed by atoms with Crippen LogP contribution < -0.4 is 15.9 Å². The first kappa shape index (κ1) is 20.3. The summed E-state index contributed by atoms with van der Waals surface area (Å²) in [4.78, 5) is 0. The standard InChI is InChI=1S/C8H10N.2C2H5O.CHS.Sn/c1-7-4-2-3-5-8(7)6-9;2*1-2-3;1-2;/h2-5H,1,6,9H2;2*2H2,1H3;1H;/q;2*-1;;+2. The molecule has 0 radical (unpaired) electrons. The molecule has 18 heavy (non-hydrogen) atoms. The van der Waals surface area contributed by atoms with Crippen LogP contribution in [0, 0.1) is 0 Å². The molecule has 0 heterocycles. The Labute approximate surface area is 126 Å². The van der Waals surface area contributed by atoms with Crippen molar-refractivity contribution in [1.82, 2.24) is 0 Å². The quantitative estimate of drug-likeness (QED) is 0.597. The van der Waals surface area contributed by atoms with Gasteiger partial charge in [-0.2, -0.15) is 0 Å². The van der Waals surface area contributed by atoms with Gasteiger partial charge in [0.2, 0.25) is 0 Å². The third-order valence-electron chi connectivity index (χ3n) is 1.71. The monoisotopic (exact) mass is 375 g/mol. The van der Waals surface area contributed by atoms with Crippen molar-refractivity contribution in [2.24, 2.45) is 5.73 Å². The van der Waals surface area contributed by atoms with Crippen molar-refractivity contribution in [2.45, 2.75) is 24.8 Å². The predicted molar refractivity (Wildman–Crippen MR) is 78.5 cm³/mol. The van der Waals surface area contributed by atoms with Crippen molar-refractivity contribution in [3.05, 3.63) is 35.4 Å². The van der Waals surface area contributed by atoms with E-state index in [2.05, 4.69) is 18.2 Å². The summed E-state index contributed by atoms with van der Waals surface area (Å²) >= 11 is 4.43. The van der Waals surface area contributed by atoms with Gasteiger partial charge in [0.25, 0.3) is 0 Å². The van der Waals surface area contributed by atoms with Crippen molar-refractivity contribution >= 4 is 36.7 Å². The van der Waals surface area contributed by atoms with Gasteiger partial charge >= 0.3 is 88.9 Å². The summed E-state index contributed by atoms with van der Waals surface area (Å²) < 4.78 is 3.12. The molecule has 0 aromatic heterocycles. The third kappa shape index (κ3) is 12.4. The molecule has 0 saturated heterocycles. The molecular weight excluding hydrogens is 353 g/mol. The molecule has 1 aromatic carbocycles. The van der Waals surface area contributed by atoms with Crippen LogP contribution in [0.5, 0.6) is 0 Å². The molecule has 0 aliphatic rings. The number of hydrogen-bond donors (Lipinski definition) is 1. The summed E-state index contributed by atoms with van der Waals surface area (Å²) in [5.41, 5.74) is 8.27. The van der Waals surface area contributed by atoms with E-state index >= 15 is 0 Å². The summed E-state index contributed by atoms with van der Waals surface area (Å²) in [6, 6.07) is 8.35. The molecule has 0 aliphatic carbocycles. The van der Waals surface area contributed by atoms with Crippen LogP contribution in [0.15, 0.2) is 24.3 Å². The molecule has 5 heteroatoms. The molecule has 0 aliphatic heterocycles. The number of benzene rings is 1. The molecule has 0 unspecified atom stereocenters. The van der Waals surface area contributed by atoms with Gasteiger partial charge in [0.05, 0.1) is 0 Å². The van der Waals surface area contributed by atoms with E-state index in [1.807, 2.05) is 9.45 Å². The summed E-state index contributed by atoms with van der Waals surface area (Å²) in [7, 11) is 0. The van der Waals surface area contributed by atoms with Gasteiger partial charge < -0.3 is 10.2 Å². The number of thiocarbonyl (C=S) groups is 1. The van der Waals surface area contributed by atoms with Gasteiger partial charge in [-0.25, -0.2) is 0 Å². The van der Waals surface area contributed by atoms with Gasteiger partial charge in [-0.15, -0.1) is 13.2 Å². The second-order valence-electron chi connectivity index (χ2n) is 3.05. The topological polar surface area (TPSA) is 72.1 Å². The maximum atomic E-state index is 8.93. The van der Waals surface area contributed by atoms with E-state index in [0.717, 1.165) is 0 Å². The Morgan fingerprint density at radius 1 is 1.17 bits per heavy atom. The molecule has 1 aromatic rings. The van der Waals surface area contributed by atoms with Crippen LogP contribution in [-0.2, 0) is 11.0 Å². The second-order valence-corrected chi connectivity index (χ2v) is 7.48. The van der Waals surface area contributed by atoms with Gasteiger partial charge in [0, 0.05) is 0 Å². The SMILES string of the molecule is CC[O-].CC[O-].NCc1ccccc1[CH2][Sn+2][CH]=S. The molecule has 3 nitrogen and oxygen atoms in total. The Hall–Kier alpha value is -0.0113. The molecule has 0 amide bonds. The fraction of sp³-hybridized carbons (Fsp3) is 0.462. The summed E-state index contributed by atoms with van der Waals surface area (Å²) in [6.07, 6.45) is 0. The Morgan fingerprint density at radius 2 is 1.61 bits per heavy atom. The van der Waals surface area contributed by atoms with E-state index in [-0.39, 0.29) is 13.2 Å². The second kappa shape index (κ2) is 17.0. The van der Waals surface area contributed by atoms with Crippen LogP contribution in [0.3, 0.4) is 0 Å². The van der Waals surface area contributed by atoms with Crippen LogP contribution in [0.4, 0.5) is 0 Å². The molecule has 0 atom stereocenters. The van der Waals surface area contributed by atoms with Crippen molar-refractivity contribution in [2.75, 3.05) is 13.2 Å². The molecule has 0 fully saturated rings. The first-order valence-electron chi connectivity index (χ1n) is 5.81. The minimum atomic E-state index is -0.425. The van der Waals surface area contributed by atoms with E-state index in [9.17, 15) is 0 Å². The Kier molecular flexibility index (Phi) is 19.2. The van der Waals surface area contributed by atoms with Crippen molar-refractivity contribution < 1.29 is 10.2 Å². The van der Waals surface area contributed by atoms with Gasteiger partial charge in [0.15, 0.2) is 0 Å². The summed E-state index contributed by atoms with van der Waals surface area (Å²) in [5, 5.41) is 17.9. The number of rotatable bonds is 4. The third-order valence-corrected chi connectivity index (χ3v) is 4.98. The number of hydrogen-bond acceptors (Lipinski definition) is 4. The summed E-state index contributed by atoms with van der Waals surface area (Å²) in [5.74, 6) is 0. The van der Waals surface area contributed by atoms with Crippen LogP contribution in [0.25, 0.3) is 0 Å². The van der Waals surface area contributed by atoms with Gasteiger partial charge in [-0.3, -0.25) is 0 Å². The zero-order valence-electron chi connectivity index (χ0n) is 11.0. The van der Waals surface area contributed by atoms with Crippen LogP contribution in [-0.4, -0.2) is 37.7 Å². The zero-order chi connectivity index (χ0) is 14.2. The molecule has 100 valence electrons. The summed E-state index contributed by atoms with van der Waals surface area (Å²) in [6.45, 7) is 3.78. The van der Waals surface area contributed by atoms with E-state index < -0.39 is 21.1 Å². The molecular formula is C13H21NO2SSn. The molecule has 1 rings (SSSR count). The number of nitrogens with two attached hydrogens (primary N) is 1. The predicted octanol–water partition coefficient (Wildman–Crippen LogP) is 0.0399. The first-order chi connectivity index (χ1) is 8.71. The Balaban J connectivity index is 0. The fourth-order valence-corrected chi connectivity index (χ4v) is 3.49. The fourth-order valence-electron chi connectivity index (χ4n) is 1.08. The van der Waals surface area contributed by atoms with Gasteiger partial charge in [-0.05, 0) is 0 Å². The molecule has 0 bridgehead atoms. The van der Waals surface area contributed by atoms with E-state index in [4.69, 9.17) is 28.2 Å². The van der Waals surface area contributed by atoms with Gasteiger partial charge in [0.1, 0.15) is 0 Å². The van der Waals surface area contributed by atoms with E-state index in [1.165, 1.54) is 15.6 Å². The first-order valence-corrected chi connectivity index (χ1v) is 9.95. The molecule has 0 spiro atoms. The maximum absolute atomic E-state index is 8.93. The van der Waals surface area contributed by atoms with Crippen LogP contribution >= 0.6 is 12.2 Å². The molecule has 2 N–H and O–H groups in total. The van der Waals surface area contributed by atoms with Crippen molar-refractivity contribution in [3.8, 4) is 0 Å². The van der Waals surface area contributed by atoms with E-state index in [0.29, 0.717) is 6.54 Å². The van der Waals surface area contributed by atoms with Crippen molar-refractivity contribution in [3.63, 3.8) is 0 Å². The van der Waals surface area contributed by atoms with Crippen LogP contribution in [0.2, 0.25) is 0 Å². The zero-order valence-corrected chi connectivity index (χ0v) is 14.7. The van der Waals surface area contributed by atoms with Crippen LogP contribution in [0.1, 0.15) is 25.0 Å². The normalized spacial score (nSPS) is 8.06.